The summed E-state index contributed by atoms with van der Waals surface area (Å²) in [5.74, 6) is 0. The van der Waals surface area contributed by atoms with Crippen LogP contribution in [0.3, 0.4) is 0 Å². The summed E-state index contributed by atoms with van der Waals surface area (Å²) in [6.45, 7) is 6.78. The van der Waals surface area contributed by atoms with Crippen LogP contribution in [0.2, 0.25) is 0 Å². The van der Waals surface area contributed by atoms with Crippen molar-refractivity contribution in [2.75, 3.05) is 0 Å². The van der Waals surface area contributed by atoms with Gasteiger partial charge in [0.05, 0.1) is 6.54 Å². The fourth-order valence-electron chi connectivity index (χ4n) is 1.10. The second-order valence-electron chi connectivity index (χ2n) is 3.05. The van der Waals surface area contributed by atoms with E-state index in [1.165, 1.54) is 5.56 Å². The van der Waals surface area contributed by atoms with E-state index in [-0.39, 0.29) is 0 Å². The molecule has 16 heavy (non-hydrogen) atoms. The van der Waals surface area contributed by atoms with Gasteiger partial charge < -0.3 is 5.73 Å². The number of hydrogen-bond acceptors (Lipinski definition) is 2. The summed E-state index contributed by atoms with van der Waals surface area (Å²) in [4.78, 5) is 4.31. The van der Waals surface area contributed by atoms with Crippen molar-refractivity contribution in [2.45, 2.75) is 33.7 Å². The fraction of sp³-hybridized carbons (Fsp3) is 0.357. The molecule has 0 spiro atoms. The van der Waals surface area contributed by atoms with E-state index in [2.05, 4.69) is 24.0 Å². The summed E-state index contributed by atoms with van der Waals surface area (Å²) >= 11 is 0. The first kappa shape index (κ1) is 14.4. The first-order chi connectivity index (χ1) is 7.86. The molecule has 1 aromatic rings. The van der Waals surface area contributed by atoms with Gasteiger partial charge in [-0.2, -0.15) is 0 Å². The SMILES string of the molecule is CC.CC/C(C=NCc1ccccc1)=C/N. The molecule has 2 heteroatoms. The highest BCUT2D eigenvalue weighted by Gasteiger charge is 1.88. The molecule has 0 saturated carbocycles. The molecular formula is C14H22N2. The third-order valence-electron chi connectivity index (χ3n) is 2.00. The molecular weight excluding hydrogens is 196 g/mol. The quantitative estimate of drug-likeness (QED) is 0.771. The van der Waals surface area contributed by atoms with E-state index in [0.29, 0.717) is 0 Å². The molecule has 88 valence electrons. The van der Waals surface area contributed by atoms with Crippen LogP contribution in [0.25, 0.3) is 0 Å². The Hall–Kier alpha value is -1.57. The molecule has 1 rings (SSSR count). The Labute approximate surface area is 98.9 Å². The summed E-state index contributed by atoms with van der Waals surface area (Å²) in [5, 5.41) is 0. The summed E-state index contributed by atoms with van der Waals surface area (Å²) in [7, 11) is 0. The van der Waals surface area contributed by atoms with Crippen molar-refractivity contribution in [3.63, 3.8) is 0 Å². The van der Waals surface area contributed by atoms with Gasteiger partial charge in [0.15, 0.2) is 0 Å². The lowest BCUT2D eigenvalue weighted by Crippen LogP contribution is -1.90. The summed E-state index contributed by atoms with van der Waals surface area (Å²) in [6.07, 6.45) is 4.37. The molecule has 0 fully saturated rings. The summed E-state index contributed by atoms with van der Waals surface area (Å²) in [5.41, 5.74) is 7.70. The average molecular weight is 218 g/mol. The molecule has 0 heterocycles. The Morgan fingerprint density at radius 2 is 1.88 bits per heavy atom. The minimum Gasteiger partial charge on any atom is -0.404 e. The molecule has 2 nitrogen and oxygen atoms in total. The number of rotatable bonds is 4. The van der Waals surface area contributed by atoms with Gasteiger partial charge in [-0.1, -0.05) is 51.1 Å². The number of hydrogen-bond donors (Lipinski definition) is 1. The van der Waals surface area contributed by atoms with E-state index >= 15 is 0 Å². The second-order valence-corrected chi connectivity index (χ2v) is 3.05. The zero-order chi connectivity index (χ0) is 12.2. The van der Waals surface area contributed by atoms with Crippen molar-refractivity contribution in [1.29, 1.82) is 0 Å². The maximum absolute atomic E-state index is 5.41. The van der Waals surface area contributed by atoms with Crippen LogP contribution in [0.15, 0.2) is 47.1 Å². The third kappa shape index (κ3) is 6.02. The second kappa shape index (κ2) is 9.97. The molecule has 0 amide bonds. The number of benzene rings is 1. The van der Waals surface area contributed by atoms with E-state index < -0.39 is 0 Å². The highest BCUT2D eigenvalue weighted by atomic mass is 14.7. The lowest BCUT2D eigenvalue weighted by atomic mass is 10.2. The minimum absolute atomic E-state index is 0.720. The standard InChI is InChI=1S/C12H16N2.C2H6/c1-2-11(8-13)9-14-10-12-6-4-3-5-7-12;1-2/h3-9H,2,10,13H2,1H3;1-2H3/b11-8-,14-9?;. The zero-order valence-corrected chi connectivity index (χ0v) is 10.5. The van der Waals surface area contributed by atoms with Gasteiger partial charge in [0.1, 0.15) is 0 Å². The predicted molar refractivity (Wildman–Crippen MR) is 72.5 cm³/mol. The van der Waals surface area contributed by atoms with E-state index in [9.17, 15) is 0 Å². The summed E-state index contributed by atoms with van der Waals surface area (Å²) < 4.78 is 0. The molecule has 0 aliphatic heterocycles. The normalized spacial score (nSPS) is 11.1. The van der Waals surface area contributed by atoms with Gasteiger partial charge >= 0.3 is 0 Å². The topological polar surface area (TPSA) is 38.4 Å². The predicted octanol–water partition coefficient (Wildman–Crippen LogP) is 3.54. The lowest BCUT2D eigenvalue weighted by Gasteiger charge is -1.96. The highest BCUT2D eigenvalue weighted by molar-refractivity contribution is 5.78. The molecule has 0 bridgehead atoms. The van der Waals surface area contributed by atoms with E-state index in [1.807, 2.05) is 38.3 Å². The van der Waals surface area contributed by atoms with Crippen LogP contribution in [-0.4, -0.2) is 6.21 Å². The Morgan fingerprint density at radius 1 is 1.25 bits per heavy atom. The Bertz CT molecular complexity index is 313. The molecule has 2 N–H and O–H groups in total. The minimum atomic E-state index is 0.720. The third-order valence-corrected chi connectivity index (χ3v) is 2.00. The molecule has 1 aromatic carbocycles. The number of aliphatic imine (C=N–C) groups is 1. The fourth-order valence-corrected chi connectivity index (χ4v) is 1.10. The van der Waals surface area contributed by atoms with Gasteiger partial charge in [0.25, 0.3) is 0 Å². The van der Waals surface area contributed by atoms with Gasteiger partial charge in [0.2, 0.25) is 0 Å². The summed E-state index contributed by atoms with van der Waals surface area (Å²) in [6, 6.07) is 10.2. The van der Waals surface area contributed by atoms with Crippen molar-refractivity contribution in [3.8, 4) is 0 Å². The van der Waals surface area contributed by atoms with Crippen molar-refractivity contribution >= 4 is 6.21 Å². The maximum Gasteiger partial charge on any atom is 0.0639 e. The smallest absolute Gasteiger partial charge is 0.0639 e. The van der Waals surface area contributed by atoms with Gasteiger partial charge in [-0.15, -0.1) is 0 Å². The monoisotopic (exact) mass is 218 g/mol. The number of nitrogens with zero attached hydrogens (tertiary/aromatic N) is 1. The Morgan fingerprint density at radius 3 is 2.38 bits per heavy atom. The molecule has 0 radical (unpaired) electrons. The van der Waals surface area contributed by atoms with E-state index in [4.69, 9.17) is 5.73 Å². The largest absolute Gasteiger partial charge is 0.404 e. The average Bonchev–Trinajstić information content (AvgIpc) is 2.38. The van der Waals surface area contributed by atoms with Crippen molar-refractivity contribution in [3.05, 3.63) is 47.7 Å². The number of allylic oxidation sites excluding steroid dienone is 1. The molecule has 0 aliphatic carbocycles. The molecule has 0 atom stereocenters. The van der Waals surface area contributed by atoms with Gasteiger partial charge in [-0.05, 0) is 23.8 Å². The van der Waals surface area contributed by atoms with Gasteiger partial charge in [0, 0.05) is 6.21 Å². The van der Waals surface area contributed by atoms with Crippen molar-refractivity contribution in [2.24, 2.45) is 10.7 Å². The van der Waals surface area contributed by atoms with E-state index in [0.717, 1.165) is 18.5 Å². The number of nitrogens with two attached hydrogens (primary N) is 1. The van der Waals surface area contributed by atoms with Crippen LogP contribution < -0.4 is 5.73 Å². The van der Waals surface area contributed by atoms with Crippen molar-refractivity contribution in [1.82, 2.24) is 0 Å². The molecule has 0 aromatic heterocycles. The van der Waals surface area contributed by atoms with Crippen LogP contribution >= 0.6 is 0 Å². The van der Waals surface area contributed by atoms with Gasteiger partial charge in [-0.3, -0.25) is 4.99 Å². The maximum atomic E-state index is 5.41. The zero-order valence-electron chi connectivity index (χ0n) is 10.5. The van der Waals surface area contributed by atoms with Crippen LogP contribution in [0.1, 0.15) is 32.8 Å². The Balaban J connectivity index is 0.00000106. The molecule has 0 saturated heterocycles. The Kier molecular flexibility index (Phi) is 8.99. The lowest BCUT2D eigenvalue weighted by molar-refractivity contribution is 1.07. The van der Waals surface area contributed by atoms with Crippen LogP contribution in [0.5, 0.6) is 0 Å². The van der Waals surface area contributed by atoms with Crippen LogP contribution in [0, 0.1) is 0 Å². The first-order valence-electron chi connectivity index (χ1n) is 5.81. The van der Waals surface area contributed by atoms with Gasteiger partial charge in [-0.25, -0.2) is 0 Å². The van der Waals surface area contributed by atoms with E-state index in [1.54, 1.807) is 6.20 Å². The highest BCUT2D eigenvalue weighted by Crippen LogP contribution is 2.01. The molecule has 0 aliphatic rings. The first-order valence-corrected chi connectivity index (χ1v) is 5.81. The molecule has 0 unspecified atom stereocenters. The van der Waals surface area contributed by atoms with Crippen molar-refractivity contribution < 1.29 is 0 Å². The van der Waals surface area contributed by atoms with Crippen LogP contribution in [-0.2, 0) is 6.54 Å². The van der Waals surface area contributed by atoms with Crippen LogP contribution in [0.4, 0.5) is 0 Å².